The van der Waals surface area contributed by atoms with Gasteiger partial charge < -0.3 is 14.2 Å². The van der Waals surface area contributed by atoms with Crippen LogP contribution in [0.4, 0.5) is 10.5 Å². The maximum absolute atomic E-state index is 13.9. The van der Waals surface area contributed by atoms with Gasteiger partial charge >= 0.3 is 12.1 Å². The molecule has 0 radical (unpaired) electrons. The Morgan fingerprint density at radius 1 is 1.09 bits per heavy atom. The molecule has 1 aromatic rings. The van der Waals surface area contributed by atoms with E-state index in [4.69, 9.17) is 14.2 Å². The number of ketones is 1. The number of ether oxygens (including phenoxy) is 3. The molecule has 3 heterocycles. The van der Waals surface area contributed by atoms with E-state index >= 15 is 0 Å². The SMILES string of the molecule is COC(=O)N1c2c(OC)cccc2[C@@]23[C@@H]4CN5CCC[C@@](CC[C@]12C(=O)OC)(CC4=O)[C@H]53. The molecule has 170 valence electrons. The Labute approximate surface area is 186 Å². The molecule has 2 saturated carbocycles. The molecule has 0 N–H and O–H groups in total. The maximum Gasteiger partial charge on any atom is 0.415 e. The van der Waals surface area contributed by atoms with Crippen molar-refractivity contribution in [3.05, 3.63) is 23.8 Å². The Kier molecular flexibility index (Phi) is 3.91. The Morgan fingerprint density at radius 2 is 1.91 bits per heavy atom. The van der Waals surface area contributed by atoms with Crippen molar-refractivity contribution in [2.24, 2.45) is 11.3 Å². The van der Waals surface area contributed by atoms with E-state index in [1.165, 1.54) is 19.1 Å². The van der Waals surface area contributed by atoms with Crippen LogP contribution in [0.5, 0.6) is 5.75 Å². The van der Waals surface area contributed by atoms with Gasteiger partial charge in [-0.25, -0.2) is 9.59 Å². The minimum absolute atomic E-state index is 0.0141. The van der Waals surface area contributed by atoms with E-state index in [1.807, 2.05) is 12.1 Å². The number of methoxy groups -OCH3 is 3. The summed E-state index contributed by atoms with van der Waals surface area (Å²) in [6.45, 7) is 1.50. The van der Waals surface area contributed by atoms with Crippen LogP contribution in [-0.2, 0) is 24.5 Å². The van der Waals surface area contributed by atoms with Crippen LogP contribution in [0.2, 0.25) is 0 Å². The summed E-state index contributed by atoms with van der Waals surface area (Å²) in [5, 5.41) is 0. The van der Waals surface area contributed by atoms with Crippen LogP contribution in [0.3, 0.4) is 0 Å². The highest BCUT2D eigenvalue weighted by Crippen LogP contribution is 2.74. The average molecular weight is 440 g/mol. The van der Waals surface area contributed by atoms with Crippen molar-refractivity contribution in [3.8, 4) is 5.75 Å². The number of fused-ring (bicyclic) bond motifs is 1. The van der Waals surface area contributed by atoms with Crippen LogP contribution in [0.1, 0.15) is 37.7 Å². The third-order valence-corrected chi connectivity index (χ3v) is 9.20. The lowest BCUT2D eigenvalue weighted by Gasteiger charge is -2.64. The number of Topliss-reactive ketones (excluding diaryl/α,β-unsaturated/α-hetero) is 1. The molecule has 4 bridgehead atoms. The van der Waals surface area contributed by atoms with Gasteiger partial charge in [-0.05, 0) is 49.3 Å². The molecule has 0 unspecified atom stereocenters. The standard InChI is InChI=1S/C24H28N2O6/c1-30-17-7-4-6-14-18(17)26(21(29)32-3)23(20(28)31-2)10-9-22-8-5-11-25-13-15(16(27)12-22)24(14,23)19(22)25/h4,6-7,15,19H,5,8-13H2,1-3H3/t15-,19+,22-,23-,24+/m1/s1. The summed E-state index contributed by atoms with van der Waals surface area (Å²) in [5.41, 5.74) is -1.05. The van der Waals surface area contributed by atoms with E-state index in [1.54, 1.807) is 13.2 Å². The summed E-state index contributed by atoms with van der Waals surface area (Å²) >= 11 is 0. The smallest absolute Gasteiger partial charge is 0.415 e. The fourth-order valence-electron chi connectivity index (χ4n) is 8.50. The first kappa shape index (κ1) is 20.0. The van der Waals surface area contributed by atoms with Gasteiger partial charge in [0.1, 0.15) is 11.5 Å². The molecule has 1 spiro atoms. The van der Waals surface area contributed by atoms with Gasteiger partial charge in [0, 0.05) is 24.9 Å². The van der Waals surface area contributed by atoms with Crippen molar-refractivity contribution in [2.45, 2.75) is 49.1 Å². The van der Waals surface area contributed by atoms with Crippen LogP contribution in [0.15, 0.2) is 18.2 Å². The van der Waals surface area contributed by atoms with E-state index in [2.05, 4.69) is 4.90 Å². The largest absolute Gasteiger partial charge is 0.495 e. The summed E-state index contributed by atoms with van der Waals surface area (Å²) in [6.07, 6.45) is 3.04. The molecule has 8 nitrogen and oxygen atoms in total. The van der Waals surface area contributed by atoms with E-state index in [0.29, 0.717) is 37.2 Å². The van der Waals surface area contributed by atoms with Gasteiger partial charge in [-0.3, -0.25) is 14.6 Å². The number of amides is 1. The maximum atomic E-state index is 13.9. The Morgan fingerprint density at radius 3 is 2.62 bits per heavy atom. The van der Waals surface area contributed by atoms with Gasteiger partial charge in [0.15, 0.2) is 5.54 Å². The summed E-state index contributed by atoms with van der Waals surface area (Å²) in [5.74, 6) is -0.189. The lowest BCUT2D eigenvalue weighted by Crippen LogP contribution is -2.78. The van der Waals surface area contributed by atoms with Crippen LogP contribution in [-0.4, -0.2) is 68.7 Å². The van der Waals surface area contributed by atoms with Crippen molar-refractivity contribution in [2.75, 3.05) is 39.3 Å². The number of rotatable bonds is 2. The first-order valence-electron chi connectivity index (χ1n) is 11.3. The second-order valence-electron chi connectivity index (χ2n) is 9.94. The highest BCUT2D eigenvalue weighted by Gasteiger charge is 2.84. The molecule has 2 saturated heterocycles. The molecule has 4 fully saturated rings. The minimum atomic E-state index is -1.35. The molecule has 6 rings (SSSR count). The lowest BCUT2D eigenvalue weighted by molar-refractivity contribution is -0.166. The average Bonchev–Trinajstić information content (AvgIpc) is 3.28. The van der Waals surface area contributed by atoms with Gasteiger partial charge in [0.25, 0.3) is 0 Å². The predicted octanol–water partition coefficient (Wildman–Crippen LogP) is 2.28. The summed E-state index contributed by atoms with van der Waals surface area (Å²) < 4.78 is 16.4. The second kappa shape index (κ2) is 6.25. The molecule has 1 amide bonds. The third kappa shape index (κ3) is 1.86. The lowest BCUT2D eigenvalue weighted by atomic mass is 9.41. The number of hydrogen-bond acceptors (Lipinski definition) is 7. The number of nitrogens with zero attached hydrogens (tertiary/aromatic N) is 2. The summed E-state index contributed by atoms with van der Waals surface area (Å²) in [6, 6.07) is 5.63. The monoisotopic (exact) mass is 440 g/mol. The molecule has 1 aromatic carbocycles. The molecule has 32 heavy (non-hydrogen) atoms. The molecular weight excluding hydrogens is 412 g/mol. The summed E-state index contributed by atoms with van der Waals surface area (Å²) in [4.78, 5) is 44.9. The molecule has 0 aromatic heterocycles. The number of benzene rings is 1. The van der Waals surface area contributed by atoms with Crippen molar-refractivity contribution in [1.82, 2.24) is 4.90 Å². The van der Waals surface area contributed by atoms with Crippen molar-refractivity contribution in [1.29, 1.82) is 0 Å². The van der Waals surface area contributed by atoms with E-state index in [-0.39, 0.29) is 17.2 Å². The number of carbonyl (C=O) groups excluding carboxylic acids is 3. The number of esters is 1. The van der Waals surface area contributed by atoms with Crippen LogP contribution in [0, 0.1) is 11.3 Å². The van der Waals surface area contributed by atoms with E-state index in [9.17, 15) is 14.4 Å². The fraction of sp³-hybridized carbons (Fsp3) is 0.625. The first-order chi connectivity index (χ1) is 15.4. The first-order valence-corrected chi connectivity index (χ1v) is 11.3. The van der Waals surface area contributed by atoms with Gasteiger partial charge in [-0.2, -0.15) is 0 Å². The van der Waals surface area contributed by atoms with Crippen LogP contribution < -0.4 is 9.64 Å². The third-order valence-electron chi connectivity index (χ3n) is 9.20. The highest BCUT2D eigenvalue weighted by molar-refractivity contribution is 6.08. The molecule has 3 aliphatic heterocycles. The Balaban J connectivity index is 1.76. The van der Waals surface area contributed by atoms with Crippen molar-refractivity contribution >= 4 is 23.5 Å². The molecule has 8 heteroatoms. The van der Waals surface area contributed by atoms with E-state index in [0.717, 1.165) is 24.9 Å². The molecule has 5 aliphatic rings. The molecule has 5 atom stereocenters. The van der Waals surface area contributed by atoms with E-state index < -0.39 is 28.9 Å². The minimum Gasteiger partial charge on any atom is -0.495 e. The molecule has 2 aliphatic carbocycles. The number of para-hydroxylation sites is 1. The zero-order valence-corrected chi connectivity index (χ0v) is 18.7. The van der Waals surface area contributed by atoms with Gasteiger partial charge in [-0.15, -0.1) is 0 Å². The van der Waals surface area contributed by atoms with Crippen molar-refractivity contribution < 1.29 is 28.6 Å². The van der Waals surface area contributed by atoms with Gasteiger partial charge in [0.05, 0.1) is 32.4 Å². The Hall–Kier alpha value is -2.61. The predicted molar refractivity (Wildman–Crippen MR) is 114 cm³/mol. The zero-order chi connectivity index (χ0) is 22.5. The number of anilines is 1. The highest BCUT2D eigenvalue weighted by atomic mass is 16.6. The van der Waals surface area contributed by atoms with Crippen LogP contribution in [0.25, 0.3) is 0 Å². The zero-order valence-electron chi connectivity index (χ0n) is 18.7. The van der Waals surface area contributed by atoms with Gasteiger partial charge in [-0.1, -0.05) is 12.1 Å². The number of piperidine rings is 1. The summed E-state index contributed by atoms with van der Waals surface area (Å²) in [7, 11) is 4.23. The quantitative estimate of drug-likeness (QED) is 0.652. The topological polar surface area (TPSA) is 85.4 Å². The Bertz CT molecular complexity index is 1060. The number of carbonyl (C=O) groups is 3. The van der Waals surface area contributed by atoms with Crippen LogP contribution >= 0.6 is 0 Å². The number of hydrogen-bond donors (Lipinski definition) is 0. The van der Waals surface area contributed by atoms with Crippen molar-refractivity contribution in [3.63, 3.8) is 0 Å². The second-order valence-corrected chi connectivity index (χ2v) is 9.94. The molecular formula is C24H28N2O6. The normalized spacial score (nSPS) is 38.7. The van der Waals surface area contributed by atoms with Gasteiger partial charge in [0.2, 0.25) is 0 Å². The fourth-order valence-corrected chi connectivity index (χ4v) is 8.50.